The van der Waals surface area contributed by atoms with E-state index in [1.807, 2.05) is 0 Å². The van der Waals surface area contributed by atoms with E-state index >= 15 is 0 Å². The highest BCUT2D eigenvalue weighted by molar-refractivity contribution is 5.19. The van der Waals surface area contributed by atoms with Gasteiger partial charge in [-0.1, -0.05) is 19.9 Å². The number of nitrogens with one attached hydrogen (secondary N) is 1. The first-order valence-corrected chi connectivity index (χ1v) is 5.77. The van der Waals surface area contributed by atoms with Gasteiger partial charge < -0.3 is 5.32 Å². The molecule has 90 valence electrons. The van der Waals surface area contributed by atoms with E-state index in [-0.39, 0.29) is 5.56 Å². The molecule has 1 aromatic rings. The normalized spacial score (nSPS) is 11.1. The number of unbranched alkanes of at least 4 members (excludes halogenated alkanes) is 1. The summed E-state index contributed by atoms with van der Waals surface area (Å²) in [5.41, 5.74) is 0.215. The quantitative estimate of drug-likeness (QED) is 0.735. The SMILES string of the molecule is CC(C)NCCCCc1c(F)cccc1F. The smallest absolute Gasteiger partial charge is 0.129 e. The van der Waals surface area contributed by atoms with E-state index in [0.717, 1.165) is 19.4 Å². The van der Waals surface area contributed by atoms with Crippen molar-refractivity contribution in [1.29, 1.82) is 0 Å². The third-order valence-corrected chi connectivity index (χ3v) is 2.47. The fourth-order valence-electron chi connectivity index (χ4n) is 1.59. The van der Waals surface area contributed by atoms with E-state index < -0.39 is 11.6 Å². The Kier molecular flexibility index (Phi) is 5.39. The van der Waals surface area contributed by atoms with Crippen LogP contribution >= 0.6 is 0 Å². The van der Waals surface area contributed by atoms with Crippen LogP contribution in [0.25, 0.3) is 0 Å². The monoisotopic (exact) mass is 227 g/mol. The van der Waals surface area contributed by atoms with Gasteiger partial charge in [0.05, 0.1) is 0 Å². The molecule has 0 aromatic heterocycles. The third-order valence-electron chi connectivity index (χ3n) is 2.47. The number of benzene rings is 1. The van der Waals surface area contributed by atoms with Crippen LogP contribution in [-0.2, 0) is 6.42 Å². The Morgan fingerprint density at radius 2 is 1.75 bits per heavy atom. The van der Waals surface area contributed by atoms with Crippen LogP contribution in [0.4, 0.5) is 8.78 Å². The number of rotatable bonds is 6. The average Bonchev–Trinajstić information content (AvgIpc) is 2.21. The molecule has 1 nitrogen and oxygen atoms in total. The molecule has 16 heavy (non-hydrogen) atoms. The Bertz CT molecular complexity index is 303. The molecule has 0 atom stereocenters. The van der Waals surface area contributed by atoms with E-state index in [1.54, 1.807) is 0 Å². The van der Waals surface area contributed by atoms with Crippen molar-refractivity contribution in [3.05, 3.63) is 35.4 Å². The molecule has 0 radical (unpaired) electrons. The molecule has 0 aliphatic heterocycles. The van der Waals surface area contributed by atoms with Crippen LogP contribution in [0.2, 0.25) is 0 Å². The van der Waals surface area contributed by atoms with Gasteiger partial charge >= 0.3 is 0 Å². The zero-order valence-corrected chi connectivity index (χ0v) is 9.89. The maximum atomic E-state index is 13.2. The van der Waals surface area contributed by atoms with E-state index in [0.29, 0.717) is 12.5 Å². The van der Waals surface area contributed by atoms with Gasteiger partial charge in [-0.2, -0.15) is 0 Å². The summed E-state index contributed by atoms with van der Waals surface area (Å²) in [4.78, 5) is 0. The van der Waals surface area contributed by atoms with Crippen LogP contribution in [0.5, 0.6) is 0 Å². The lowest BCUT2D eigenvalue weighted by molar-refractivity contribution is 0.529. The molecular weight excluding hydrogens is 208 g/mol. The molecule has 0 unspecified atom stereocenters. The van der Waals surface area contributed by atoms with Crippen molar-refractivity contribution in [2.45, 2.75) is 39.2 Å². The summed E-state index contributed by atoms with van der Waals surface area (Å²) in [5.74, 6) is -0.867. The summed E-state index contributed by atoms with van der Waals surface area (Å²) in [6, 6.07) is 4.48. The summed E-state index contributed by atoms with van der Waals surface area (Å²) in [6.45, 7) is 5.06. The topological polar surface area (TPSA) is 12.0 Å². The summed E-state index contributed by atoms with van der Waals surface area (Å²) in [7, 11) is 0. The van der Waals surface area contributed by atoms with Crippen LogP contribution in [0, 0.1) is 11.6 Å². The molecule has 0 aliphatic rings. The fourth-order valence-corrected chi connectivity index (χ4v) is 1.59. The molecule has 1 rings (SSSR count). The standard InChI is InChI=1S/C13H19F2N/c1-10(2)16-9-4-3-6-11-12(14)7-5-8-13(11)15/h5,7-8,10,16H,3-4,6,9H2,1-2H3. The third kappa shape index (κ3) is 4.27. The highest BCUT2D eigenvalue weighted by Crippen LogP contribution is 2.14. The predicted molar refractivity (Wildman–Crippen MR) is 62.4 cm³/mol. The predicted octanol–water partition coefficient (Wildman–Crippen LogP) is 3.29. The molecular formula is C13H19F2N. The molecule has 0 heterocycles. The van der Waals surface area contributed by atoms with E-state index in [9.17, 15) is 8.78 Å². The zero-order chi connectivity index (χ0) is 12.0. The molecule has 0 saturated carbocycles. The van der Waals surface area contributed by atoms with E-state index in [4.69, 9.17) is 0 Å². The summed E-state index contributed by atoms with van der Waals surface area (Å²) in [5, 5.41) is 3.27. The van der Waals surface area contributed by atoms with Gasteiger partial charge in [-0.15, -0.1) is 0 Å². The molecule has 1 N–H and O–H groups in total. The Balaban J connectivity index is 2.32. The number of halogens is 2. The average molecular weight is 227 g/mol. The van der Waals surface area contributed by atoms with Gasteiger partial charge in [-0.3, -0.25) is 0 Å². The minimum absolute atomic E-state index is 0.215. The Hall–Kier alpha value is -0.960. The van der Waals surface area contributed by atoms with Crippen molar-refractivity contribution in [2.75, 3.05) is 6.54 Å². The molecule has 0 saturated heterocycles. The first kappa shape index (κ1) is 13.1. The van der Waals surface area contributed by atoms with Crippen LogP contribution in [0.3, 0.4) is 0 Å². The van der Waals surface area contributed by atoms with Gasteiger partial charge in [-0.25, -0.2) is 8.78 Å². The first-order chi connectivity index (χ1) is 7.61. The van der Waals surface area contributed by atoms with Crippen LogP contribution in [0.15, 0.2) is 18.2 Å². The van der Waals surface area contributed by atoms with Gasteiger partial charge in [0.2, 0.25) is 0 Å². The first-order valence-electron chi connectivity index (χ1n) is 5.77. The molecule has 1 aromatic carbocycles. The number of hydrogen-bond donors (Lipinski definition) is 1. The number of hydrogen-bond acceptors (Lipinski definition) is 1. The zero-order valence-electron chi connectivity index (χ0n) is 9.89. The van der Waals surface area contributed by atoms with Crippen LogP contribution in [0.1, 0.15) is 32.3 Å². The van der Waals surface area contributed by atoms with Crippen molar-refractivity contribution in [1.82, 2.24) is 5.32 Å². The largest absolute Gasteiger partial charge is 0.315 e. The lowest BCUT2D eigenvalue weighted by atomic mass is 10.1. The lowest BCUT2D eigenvalue weighted by Crippen LogP contribution is -2.23. The van der Waals surface area contributed by atoms with Crippen LogP contribution < -0.4 is 5.32 Å². The van der Waals surface area contributed by atoms with Gasteiger partial charge in [0.1, 0.15) is 11.6 Å². The van der Waals surface area contributed by atoms with E-state index in [1.165, 1.54) is 18.2 Å². The van der Waals surface area contributed by atoms with Crippen molar-refractivity contribution in [2.24, 2.45) is 0 Å². The highest BCUT2D eigenvalue weighted by Gasteiger charge is 2.07. The Morgan fingerprint density at radius 3 is 2.31 bits per heavy atom. The van der Waals surface area contributed by atoms with E-state index in [2.05, 4.69) is 19.2 Å². The Labute approximate surface area is 95.9 Å². The molecule has 0 bridgehead atoms. The second kappa shape index (κ2) is 6.59. The van der Waals surface area contributed by atoms with Gasteiger partial charge in [0.25, 0.3) is 0 Å². The molecule has 0 fully saturated rings. The lowest BCUT2D eigenvalue weighted by Gasteiger charge is -2.08. The molecule has 3 heteroatoms. The molecule has 0 aliphatic carbocycles. The molecule has 0 amide bonds. The maximum Gasteiger partial charge on any atom is 0.129 e. The molecule has 0 spiro atoms. The van der Waals surface area contributed by atoms with Gasteiger partial charge in [0, 0.05) is 11.6 Å². The highest BCUT2D eigenvalue weighted by atomic mass is 19.1. The second-order valence-electron chi connectivity index (χ2n) is 4.27. The summed E-state index contributed by atoms with van der Waals surface area (Å²) in [6.07, 6.45) is 2.21. The van der Waals surface area contributed by atoms with Crippen molar-refractivity contribution < 1.29 is 8.78 Å². The summed E-state index contributed by atoms with van der Waals surface area (Å²) >= 11 is 0. The van der Waals surface area contributed by atoms with Crippen molar-refractivity contribution in [3.8, 4) is 0 Å². The second-order valence-corrected chi connectivity index (χ2v) is 4.27. The minimum Gasteiger partial charge on any atom is -0.315 e. The van der Waals surface area contributed by atoms with Gasteiger partial charge in [0.15, 0.2) is 0 Å². The van der Waals surface area contributed by atoms with Crippen molar-refractivity contribution >= 4 is 0 Å². The minimum atomic E-state index is -0.434. The van der Waals surface area contributed by atoms with Gasteiger partial charge in [-0.05, 0) is 37.9 Å². The summed E-state index contributed by atoms with van der Waals surface area (Å²) < 4.78 is 26.5. The Morgan fingerprint density at radius 1 is 1.12 bits per heavy atom. The van der Waals surface area contributed by atoms with Crippen LogP contribution in [-0.4, -0.2) is 12.6 Å². The van der Waals surface area contributed by atoms with Crippen molar-refractivity contribution in [3.63, 3.8) is 0 Å². The maximum absolute atomic E-state index is 13.2. The fraction of sp³-hybridized carbons (Fsp3) is 0.538.